The molecule has 0 atom stereocenters. The minimum atomic E-state index is -0.0934. The summed E-state index contributed by atoms with van der Waals surface area (Å²) in [5.74, 6) is -0.0934. The number of halogens is 1. The van der Waals surface area contributed by atoms with Crippen LogP contribution in [0.25, 0.3) is 0 Å². The van der Waals surface area contributed by atoms with Crippen LogP contribution >= 0.6 is 0 Å². The molecule has 3 rings (SSSR count). The Kier molecular flexibility index (Phi) is 4.76. The normalized spacial score (nSPS) is 21.1. The lowest BCUT2D eigenvalue weighted by Crippen LogP contribution is -2.44. The van der Waals surface area contributed by atoms with Gasteiger partial charge in [-0.2, -0.15) is 0 Å². The fourth-order valence-corrected chi connectivity index (χ4v) is 3.35. The van der Waals surface area contributed by atoms with E-state index in [-0.39, 0.29) is 5.82 Å². The SMILES string of the molecule is CN1CCN(c2cc(CNC3CCCC3)ccc2F)CC1. The van der Waals surface area contributed by atoms with E-state index in [4.69, 9.17) is 0 Å². The van der Waals surface area contributed by atoms with Gasteiger partial charge in [0.1, 0.15) is 5.82 Å². The van der Waals surface area contributed by atoms with Gasteiger partial charge in [0.05, 0.1) is 5.69 Å². The van der Waals surface area contributed by atoms with Gasteiger partial charge in [-0.25, -0.2) is 4.39 Å². The van der Waals surface area contributed by atoms with Crippen LogP contribution in [0.4, 0.5) is 10.1 Å². The summed E-state index contributed by atoms with van der Waals surface area (Å²) < 4.78 is 14.1. The number of nitrogens with one attached hydrogen (secondary N) is 1. The molecule has 1 saturated heterocycles. The van der Waals surface area contributed by atoms with E-state index >= 15 is 0 Å². The highest BCUT2D eigenvalue weighted by Crippen LogP contribution is 2.23. The molecule has 1 N–H and O–H groups in total. The molecule has 0 bridgehead atoms. The van der Waals surface area contributed by atoms with E-state index in [0.717, 1.165) is 38.4 Å². The summed E-state index contributed by atoms with van der Waals surface area (Å²) in [7, 11) is 2.12. The Morgan fingerprint density at radius 2 is 1.86 bits per heavy atom. The van der Waals surface area contributed by atoms with Crippen LogP contribution in [0.3, 0.4) is 0 Å². The van der Waals surface area contributed by atoms with Crippen molar-refractivity contribution in [2.24, 2.45) is 0 Å². The van der Waals surface area contributed by atoms with Crippen molar-refractivity contribution in [2.75, 3.05) is 38.1 Å². The van der Waals surface area contributed by atoms with E-state index in [1.54, 1.807) is 6.07 Å². The number of piperazine rings is 1. The summed E-state index contributed by atoms with van der Waals surface area (Å²) in [6, 6.07) is 6.22. The fraction of sp³-hybridized carbons (Fsp3) is 0.647. The Balaban J connectivity index is 1.64. The Hall–Kier alpha value is -1.13. The predicted octanol–water partition coefficient (Wildman–Crippen LogP) is 2.61. The highest BCUT2D eigenvalue weighted by molar-refractivity contribution is 5.50. The second kappa shape index (κ2) is 6.75. The van der Waals surface area contributed by atoms with Crippen LogP contribution in [0.15, 0.2) is 18.2 Å². The summed E-state index contributed by atoms with van der Waals surface area (Å²) in [5, 5.41) is 3.61. The maximum atomic E-state index is 14.1. The van der Waals surface area contributed by atoms with E-state index in [1.807, 2.05) is 12.1 Å². The third-order valence-electron chi connectivity index (χ3n) is 4.80. The summed E-state index contributed by atoms with van der Waals surface area (Å²) in [5.41, 5.74) is 1.96. The number of likely N-dealkylation sites (N-methyl/N-ethyl adjacent to an activating group) is 1. The zero-order chi connectivity index (χ0) is 14.7. The van der Waals surface area contributed by atoms with Crippen LogP contribution in [0, 0.1) is 5.82 Å². The second-order valence-electron chi connectivity index (χ2n) is 6.44. The molecule has 3 nitrogen and oxygen atoms in total. The Bertz CT molecular complexity index is 463. The van der Waals surface area contributed by atoms with Gasteiger partial charge in [-0.3, -0.25) is 0 Å². The number of hydrogen-bond acceptors (Lipinski definition) is 3. The van der Waals surface area contributed by atoms with E-state index in [1.165, 1.54) is 31.2 Å². The Morgan fingerprint density at radius 1 is 1.14 bits per heavy atom. The standard InChI is InChI=1S/C17H26FN3/c1-20-8-10-21(11-9-20)17-12-14(6-7-16(17)18)13-19-15-4-2-3-5-15/h6-7,12,15,19H,2-5,8-11,13H2,1H3. The van der Waals surface area contributed by atoms with Crippen LogP contribution in [0.5, 0.6) is 0 Å². The van der Waals surface area contributed by atoms with Crippen LogP contribution in [-0.4, -0.2) is 44.2 Å². The van der Waals surface area contributed by atoms with Gasteiger partial charge in [-0.1, -0.05) is 18.9 Å². The van der Waals surface area contributed by atoms with E-state index < -0.39 is 0 Å². The zero-order valence-electron chi connectivity index (χ0n) is 12.9. The largest absolute Gasteiger partial charge is 0.367 e. The van der Waals surface area contributed by atoms with Crippen molar-refractivity contribution in [3.05, 3.63) is 29.6 Å². The quantitative estimate of drug-likeness (QED) is 0.920. The van der Waals surface area contributed by atoms with Crippen molar-refractivity contribution < 1.29 is 4.39 Å². The summed E-state index contributed by atoms with van der Waals surface area (Å²) in [6.45, 7) is 4.68. The molecule has 4 heteroatoms. The van der Waals surface area contributed by atoms with Gasteiger partial charge >= 0.3 is 0 Å². The molecular weight excluding hydrogens is 265 g/mol. The van der Waals surface area contributed by atoms with Gasteiger partial charge in [-0.05, 0) is 37.6 Å². The molecule has 1 aliphatic heterocycles. The first kappa shape index (κ1) is 14.8. The van der Waals surface area contributed by atoms with Crippen molar-refractivity contribution in [3.8, 4) is 0 Å². The predicted molar refractivity (Wildman–Crippen MR) is 85.2 cm³/mol. The maximum absolute atomic E-state index is 14.1. The van der Waals surface area contributed by atoms with Crippen molar-refractivity contribution >= 4 is 5.69 Å². The number of benzene rings is 1. The molecule has 0 radical (unpaired) electrons. The third-order valence-corrected chi connectivity index (χ3v) is 4.80. The molecule has 1 aromatic carbocycles. The van der Waals surface area contributed by atoms with Gasteiger partial charge in [-0.15, -0.1) is 0 Å². The lowest BCUT2D eigenvalue weighted by Gasteiger charge is -2.34. The molecule has 0 amide bonds. The van der Waals surface area contributed by atoms with Crippen molar-refractivity contribution in [1.29, 1.82) is 0 Å². The minimum Gasteiger partial charge on any atom is -0.367 e. The average Bonchev–Trinajstić information content (AvgIpc) is 3.01. The number of hydrogen-bond donors (Lipinski definition) is 1. The molecule has 2 fully saturated rings. The number of nitrogens with zero attached hydrogens (tertiary/aromatic N) is 2. The monoisotopic (exact) mass is 291 g/mol. The molecule has 1 aliphatic carbocycles. The summed E-state index contributed by atoms with van der Waals surface area (Å²) in [6.07, 6.45) is 5.25. The van der Waals surface area contributed by atoms with Gasteiger partial charge in [0.15, 0.2) is 0 Å². The first-order chi connectivity index (χ1) is 10.2. The molecular formula is C17H26FN3. The summed E-state index contributed by atoms with van der Waals surface area (Å²) >= 11 is 0. The molecule has 0 unspecified atom stereocenters. The zero-order valence-corrected chi connectivity index (χ0v) is 12.9. The second-order valence-corrected chi connectivity index (χ2v) is 6.44. The first-order valence-corrected chi connectivity index (χ1v) is 8.18. The lowest BCUT2D eigenvalue weighted by atomic mass is 10.1. The van der Waals surface area contributed by atoms with Crippen LogP contribution in [0.2, 0.25) is 0 Å². The maximum Gasteiger partial charge on any atom is 0.146 e. The van der Waals surface area contributed by atoms with E-state index in [0.29, 0.717) is 6.04 Å². The van der Waals surface area contributed by atoms with Gasteiger partial charge in [0, 0.05) is 38.8 Å². The molecule has 1 saturated carbocycles. The average molecular weight is 291 g/mol. The first-order valence-electron chi connectivity index (χ1n) is 8.18. The highest BCUT2D eigenvalue weighted by Gasteiger charge is 2.18. The van der Waals surface area contributed by atoms with E-state index in [9.17, 15) is 4.39 Å². The fourth-order valence-electron chi connectivity index (χ4n) is 3.35. The molecule has 1 heterocycles. The number of rotatable bonds is 4. The molecule has 0 spiro atoms. The van der Waals surface area contributed by atoms with Crippen LogP contribution < -0.4 is 10.2 Å². The Labute approximate surface area is 127 Å². The smallest absolute Gasteiger partial charge is 0.146 e. The van der Waals surface area contributed by atoms with Gasteiger partial charge in [0.25, 0.3) is 0 Å². The number of anilines is 1. The molecule has 21 heavy (non-hydrogen) atoms. The topological polar surface area (TPSA) is 18.5 Å². The Morgan fingerprint density at radius 3 is 2.57 bits per heavy atom. The molecule has 1 aromatic rings. The molecule has 0 aromatic heterocycles. The lowest BCUT2D eigenvalue weighted by molar-refractivity contribution is 0.311. The van der Waals surface area contributed by atoms with E-state index in [2.05, 4.69) is 22.2 Å². The van der Waals surface area contributed by atoms with Crippen LogP contribution in [-0.2, 0) is 6.54 Å². The van der Waals surface area contributed by atoms with Crippen molar-refractivity contribution in [2.45, 2.75) is 38.3 Å². The molecule has 2 aliphatic rings. The van der Waals surface area contributed by atoms with Crippen LogP contribution in [0.1, 0.15) is 31.2 Å². The highest BCUT2D eigenvalue weighted by atomic mass is 19.1. The van der Waals surface area contributed by atoms with Crippen molar-refractivity contribution in [1.82, 2.24) is 10.2 Å². The third kappa shape index (κ3) is 3.74. The summed E-state index contributed by atoms with van der Waals surface area (Å²) in [4.78, 5) is 4.47. The minimum absolute atomic E-state index is 0.0934. The molecule has 116 valence electrons. The van der Waals surface area contributed by atoms with Crippen molar-refractivity contribution in [3.63, 3.8) is 0 Å². The van der Waals surface area contributed by atoms with Gasteiger partial charge < -0.3 is 15.1 Å². The van der Waals surface area contributed by atoms with Gasteiger partial charge in [0.2, 0.25) is 0 Å².